The molecule has 0 heterocycles. The summed E-state index contributed by atoms with van der Waals surface area (Å²) in [6.45, 7) is 5.05. The van der Waals surface area contributed by atoms with Crippen LogP contribution < -0.4 is 5.32 Å². The molecule has 0 saturated heterocycles. The molecule has 1 atom stereocenters. The zero-order chi connectivity index (χ0) is 15.9. The molecule has 2 aromatic carbocycles. The summed E-state index contributed by atoms with van der Waals surface area (Å²) in [5, 5.41) is 3.68. The van der Waals surface area contributed by atoms with E-state index in [0.717, 1.165) is 6.42 Å². The van der Waals surface area contributed by atoms with Crippen LogP contribution in [0.3, 0.4) is 0 Å². The summed E-state index contributed by atoms with van der Waals surface area (Å²) in [5.41, 5.74) is 1.91. The topological polar surface area (TPSA) is 29.1 Å². The van der Waals surface area contributed by atoms with E-state index in [1.807, 2.05) is 18.2 Å². The van der Waals surface area contributed by atoms with Crippen molar-refractivity contribution in [2.45, 2.75) is 26.2 Å². The molecule has 0 saturated carbocycles. The molecule has 1 unspecified atom stereocenters. The summed E-state index contributed by atoms with van der Waals surface area (Å²) < 4.78 is 0. The van der Waals surface area contributed by atoms with E-state index >= 15 is 0 Å². The van der Waals surface area contributed by atoms with Gasteiger partial charge >= 0.3 is 0 Å². The van der Waals surface area contributed by atoms with Crippen molar-refractivity contribution in [1.82, 2.24) is 5.32 Å². The molecule has 0 fully saturated rings. The number of rotatable bonds is 6. The maximum absolute atomic E-state index is 12.2. The van der Waals surface area contributed by atoms with E-state index in [-0.39, 0.29) is 5.91 Å². The van der Waals surface area contributed by atoms with E-state index in [0.29, 0.717) is 29.0 Å². The minimum absolute atomic E-state index is 0.0543. The van der Waals surface area contributed by atoms with Gasteiger partial charge in [-0.3, -0.25) is 4.79 Å². The predicted molar refractivity (Wildman–Crippen MR) is 92.4 cm³/mol. The average molecular weight is 316 g/mol. The largest absolute Gasteiger partial charge is 0.351 e. The molecule has 22 heavy (non-hydrogen) atoms. The summed E-state index contributed by atoms with van der Waals surface area (Å²) in [6, 6.07) is 17.3. The number of halogens is 1. The number of carbonyl (C=O) groups is 1. The van der Waals surface area contributed by atoms with E-state index in [1.165, 1.54) is 5.56 Å². The maximum Gasteiger partial charge on any atom is 0.251 e. The average Bonchev–Trinajstić information content (AvgIpc) is 2.52. The molecule has 2 aromatic rings. The van der Waals surface area contributed by atoms with Gasteiger partial charge in [0.05, 0.1) is 0 Å². The van der Waals surface area contributed by atoms with E-state index in [9.17, 15) is 4.79 Å². The second kappa shape index (κ2) is 8.00. The maximum atomic E-state index is 12.2. The molecule has 2 nitrogen and oxygen atoms in total. The Kier molecular flexibility index (Phi) is 6.02. The van der Waals surface area contributed by atoms with Crippen LogP contribution in [0.2, 0.25) is 5.02 Å². The highest BCUT2D eigenvalue weighted by Crippen LogP contribution is 2.23. The summed E-state index contributed by atoms with van der Waals surface area (Å²) in [6.07, 6.45) is 1.05. The molecule has 0 radical (unpaired) electrons. The molecule has 0 aliphatic carbocycles. The van der Waals surface area contributed by atoms with Crippen LogP contribution in [-0.4, -0.2) is 12.5 Å². The van der Waals surface area contributed by atoms with Gasteiger partial charge in [0.1, 0.15) is 0 Å². The molecule has 1 amide bonds. The van der Waals surface area contributed by atoms with Crippen LogP contribution in [-0.2, 0) is 0 Å². The van der Waals surface area contributed by atoms with Gasteiger partial charge < -0.3 is 5.32 Å². The fourth-order valence-corrected chi connectivity index (χ4v) is 2.68. The van der Waals surface area contributed by atoms with Crippen molar-refractivity contribution >= 4 is 17.5 Å². The lowest BCUT2D eigenvalue weighted by Crippen LogP contribution is -2.29. The first-order valence-electron chi connectivity index (χ1n) is 7.65. The first-order chi connectivity index (χ1) is 10.6. The summed E-state index contributed by atoms with van der Waals surface area (Å²) in [4.78, 5) is 12.2. The van der Waals surface area contributed by atoms with Crippen molar-refractivity contribution < 1.29 is 4.79 Å². The number of benzene rings is 2. The highest BCUT2D eigenvalue weighted by molar-refractivity contribution is 6.30. The Balaban J connectivity index is 2.02. The van der Waals surface area contributed by atoms with Crippen LogP contribution in [0.25, 0.3) is 0 Å². The molecule has 0 bridgehead atoms. The summed E-state index contributed by atoms with van der Waals surface area (Å²) in [7, 11) is 0. The number of amides is 1. The van der Waals surface area contributed by atoms with Crippen LogP contribution in [0.15, 0.2) is 54.6 Å². The van der Waals surface area contributed by atoms with E-state index in [4.69, 9.17) is 11.6 Å². The zero-order valence-corrected chi connectivity index (χ0v) is 13.8. The Morgan fingerprint density at radius 1 is 1.05 bits per heavy atom. The molecule has 2 rings (SSSR count). The van der Waals surface area contributed by atoms with Crippen molar-refractivity contribution in [1.29, 1.82) is 0 Å². The smallest absolute Gasteiger partial charge is 0.251 e. The third kappa shape index (κ3) is 4.88. The third-order valence-electron chi connectivity index (χ3n) is 3.64. The number of carbonyl (C=O) groups excluding carboxylic acids is 1. The Bertz CT molecular complexity index is 593. The standard InChI is InChI=1S/C19H22ClNO/c1-14(2)12-17(15-6-4-3-5-7-15)13-21-19(22)16-8-10-18(20)11-9-16/h3-11,14,17H,12-13H2,1-2H3,(H,21,22). The number of hydrogen-bond donors (Lipinski definition) is 1. The van der Waals surface area contributed by atoms with Crippen molar-refractivity contribution in [3.8, 4) is 0 Å². The van der Waals surface area contributed by atoms with Crippen LogP contribution in [0.5, 0.6) is 0 Å². The van der Waals surface area contributed by atoms with Gasteiger partial charge in [0.15, 0.2) is 0 Å². The van der Waals surface area contributed by atoms with Gasteiger partial charge in [0, 0.05) is 23.0 Å². The first kappa shape index (κ1) is 16.6. The monoisotopic (exact) mass is 315 g/mol. The fourth-order valence-electron chi connectivity index (χ4n) is 2.55. The van der Waals surface area contributed by atoms with Crippen LogP contribution in [0.4, 0.5) is 0 Å². The van der Waals surface area contributed by atoms with Crippen molar-refractivity contribution in [3.63, 3.8) is 0 Å². The molecule has 0 spiro atoms. The third-order valence-corrected chi connectivity index (χ3v) is 3.89. The Morgan fingerprint density at radius 2 is 1.68 bits per heavy atom. The second-order valence-corrected chi connectivity index (χ2v) is 6.39. The normalized spacial score (nSPS) is 12.2. The van der Waals surface area contributed by atoms with Crippen molar-refractivity contribution in [2.75, 3.05) is 6.54 Å². The van der Waals surface area contributed by atoms with Gasteiger partial charge in [-0.05, 0) is 42.2 Å². The van der Waals surface area contributed by atoms with Gasteiger partial charge in [0.25, 0.3) is 5.91 Å². The van der Waals surface area contributed by atoms with Crippen LogP contribution in [0, 0.1) is 5.92 Å². The predicted octanol–water partition coefficient (Wildman–Crippen LogP) is 4.90. The van der Waals surface area contributed by atoms with Gasteiger partial charge in [0.2, 0.25) is 0 Å². The van der Waals surface area contributed by atoms with Crippen molar-refractivity contribution in [3.05, 3.63) is 70.7 Å². The van der Waals surface area contributed by atoms with E-state index in [1.54, 1.807) is 24.3 Å². The lowest BCUT2D eigenvalue weighted by atomic mass is 9.90. The minimum Gasteiger partial charge on any atom is -0.351 e. The second-order valence-electron chi connectivity index (χ2n) is 5.95. The number of hydrogen-bond acceptors (Lipinski definition) is 1. The molecule has 1 N–H and O–H groups in total. The first-order valence-corrected chi connectivity index (χ1v) is 8.02. The number of nitrogens with one attached hydrogen (secondary N) is 1. The molecule has 3 heteroatoms. The Morgan fingerprint density at radius 3 is 2.27 bits per heavy atom. The Hall–Kier alpha value is -1.80. The van der Waals surface area contributed by atoms with Gasteiger partial charge in [-0.2, -0.15) is 0 Å². The molecule has 0 aliphatic rings. The SMILES string of the molecule is CC(C)CC(CNC(=O)c1ccc(Cl)cc1)c1ccccc1. The van der Waals surface area contributed by atoms with Gasteiger partial charge in [-0.1, -0.05) is 55.8 Å². The lowest BCUT2D eigenvalue weighted by Gasteiger charge is -2.20. The zero-order valence-electron chi connectivity index (χ0n) is 13.1. The quantitative estimate of drug-likeness (QED) is 0.807. The fraction of sp³-hybridized carbons (Fsp3) is 0.316. The van der Waals surface area contributed by atoms with Crippen molar-refractivity contribution in [2.24, 2.45) is 5.92 Å². The molecule has 116 valence electrons. The molecule has 0 aliphatic heterocycles. The molecular weight excluding hydrogens is 294 g/mol. The highest BCUT2D eigenvalue weighted by Gasteiger charge is 2.15. The molecule has 0 aromatic heterocycles. The van der Waals surface area contributed by atoms with Gasteiger partial charge in [-0.15, -0.1) is 0 Å². The van der Waals surface area contributed by atoms with E-state index in [2.05, 4.69) is 31.3 Å². The molecular formula is C19H22ClNO. The highest BCUT2D eigenvalue weighted by atomic mass is 35.5. The summed E-state index contributed by atoms with van der Waals surface area (Å²) in [5.74, 6) is 0.858. The van der Waals surface area contributed by atoms with Crippen LogP contribution in [0.1, 0.15) is 42.1 Å². The van der Waals surface area contributed by atoms with Crippen LogP contribution >= 0.6 is 11.6 Å². The summed E-state index contributed by atoms with van der Waals surface area (Å²) >= 11 is 5.85. The minimum atomic E-state index is -0.0543. The van der Waals surface area contributed by atoms with Gasteiger partial charge in [-0.25, -0.2) is 0 Å². The Labute approximate surface area is 137 Å². The lowest BCUT2D eigenvalue weighted by molar-refractivity contribution is 0.0950. The van der Waals surface area contributed by atoms with E-state index < -0.39 is 0 Å².